The van der Waals surface area contributed by atoms with Gasteiger partial charge in [-0.15, -0.1) is 0 Å². The minimum absolute atomic E-state index is 0.720. The number of phosphoric acid groups is 1. The maximum absolute atomic E-state index is 11.7. The van der Waals surface area contributed by atoms with E-state index in [0.717, 1.165) is 0 Å². The Morgan fingerprint density at radius 3 is 1.21 bits per heavy atom. The molecule has 6 saturated heterocycles. The first-order chi connectivity index (χ1) is 35.2. The maximum atomic E-state index is 11.7. The second-order valence-electron chi connectivity index (χ2n) is 18.7. The van der Waals surface area contributed by atoms with Crippen molar-refractivity contribution in [1.82, 2.24) is 0 Å². The number of rotatable bonds is 21. The lowest BCUT2D eigenvalue weighted by atomic mass is 9.96. The smallest absolute Gasteiger partial charge is 0.394 e. The van der Waals surface area contributed by atoms with Crippen LogP contribution in [0, 0.1) is 0 Å². The Morgan fingerprint density at radius 1 is 0.387 bits per heavy atom. The van der Waals surface area contributed by atoms with Gasteiger partial charge in [0.2, 0.25) is 0 Å². The summed E-state index contributed by atoms with van der Waals surface area (Å²) in [5.74, 6) is 0. The molecule has 75 heavy (non-hydrogen) atoms. The average Bonchev–Trinajstić information content (AvgIpc) is 3.36. The predicted octanol–water partition coefficient (Wildman–Crippen LogP) is -12.1. The van der Waals surface area contributed by atoms with E-state index < -0.39 is 238 Å². The first kappa shape index (κ1) is 63.1. The summed E-state index contributed by atoms with van der Waals surface area (Å²) in [6, 6.07) is 0. The lowest BCUT2D eigenvalue weighted by Gasteiger charge is -2.49. The van der Waals surface area contributed by atoms with E-state index in [9.17, 15) is 91.4 Å². The molecule has 0 aromatic rings. The lowest BCUT2D eigenvalue weighted by Crippen LogP contribution is -2.67. The van der Waals surface area contributed by atoms with E-state index >= 15 is 0 Å². The fourth-order valence-electron chi connectivity index (χ4n) is 8.84. The third-order valence-corrected chi connectivity index (χ3v) is 13.6. The van der Waals surface area contributed by atoms with Gasteiger partial charge in [-0.2, -0.15) is 0 Å². The molecular weight excluding hydrogens is 1060 g/mol. The minimum Gasteiger partial charge on any atom is -0.394 e. The summed E-state index contributed by atoms with van der Waals surface area (Å²) in [5, 5.41) is 191. The highest BCUT2D eigenvalue weighted by Gasteiger charge is 2.56. The number of phosphoric ester groups is 1. The second-order valence-corrected chi connectivity index (χ2v) is 20.0. The molecule has 6 fully saturated rings. The summed E-state index contributed by atoms with van der Waals surface area (Å²) < 4.78 is 83.7. The van der Waals surface area contributed by atoms with Crippen LogP contribution in [-0.4, -0.2) is 332 Å². The Kier molecular flexibility index (Phi) is 22.8. The Bertz CT molecular complexity index is 1780. The summed E-state index contributed by atoms with van der Waals surface area (Å²) in [6.07, 6.45) is -58.6. The SMILES string of the molecule is CC(C)O[C@@H]1OC(CO[C@H]2OC(CO[C@H]3OC(CO)[C@@H](O)[C@H](O)C3O[C@@H]3OC(COO)[C@@H](O)[C@H](O)C3O)[C@@H](O)[C@H](O)C2O)[C@@H](O)[C@H](O[C@H]2OC(CO)[C@@H](O)[C@H](O)C2O[C@H]2OC(COP(=O)(O)O)[C@@H](O)[C@H](O)C2O)C1O. The normalized spacial score (nSPS) is 49.3. The molecule has 6 rings (SSSR count). The van der Waals surface area contributed by atoms with Gasteiger partial charge in [-0.25, -0.2) is 9.45 Å². The van der Waals surface area contributed by atoms with Crippen molar-refractivity contribution in [2.24, 2.45) is 0 Å². The molecule has 440 valence electrons. The molecule has 0 spiro atoms. The Hall–Kier alpha value is -1.13. The van der Waals surface area contributed by atoms with Gasteiger partial charge in [-0.05, 0) is 13.8 Å². The zero-order chi connectivity index (χ0) is 55.5. The molecule has 35 nitrogen and oxygen atoms in total. The molecular formula is C39H69O35P. The Morgan fingerprint density at radius 2 is 0.747 bits per heavy atom. The number of hydrogen-bond acceptors (Lipinski definition) is 33. The van der Waals surface area contributed by atoms with Gasteiger partial charge in [0.05, 0.1) is 39.1 Å². The monoisotopic (exact) mass is 1130 g/mol. The van der Waals surface area contributed by atoms with Crippen molar-refractivity contribution in [2.75, 3.05) is 39.6 Å². The van der Waals surface area contributed by atoms with Crippen LogP contribution in [0.4, 0.5) is 0 Å². The number of ether oxygens (including phenoxy) is 12. The van der Waals surface area contributed by atoms with Gasteiger partial charge in [0.15, 0.2) is 37.7 Å². The molecule has 6 aliphatic heterocycles. The highest BCUT2D eigenvalue weighted by Crippen LogP contribution is 2.39. The van der Waals surface area contributed by atoms with Gasteiger partial charge in [0.25, 0.3) is 0 Å². The molecule has 30 atom stereocenters. The summed E-state index contributed by atoms with van der Waals surface area (Å²) in [7, 11) is -5.18. The summed E-state index contributed by atoms with van der Waals surface area (Å²) in [4.78, 5) is 22.3. The summed E-state index contributed by atoms with van der Waals surface area (Å²) in [6.45, 7) is -2.38. The molecule has 36 heteroatoms. The zero-order valence-corrected chi connectivity index (χ0v) is 40.6. The van der Waals surface area contributed by atoms with Crippen molar-refractivity contribution in [3.63, 3.8) is 0 Å². The number of aliphatic hydroxyl groups excluding tert-OH is 17. The van der Waals surface area contributed by atoms with Gasteiger partial charge >= 0.3 is 7.82 Å². The molecule has 6 heterocycles. The zero-order valence-electron chi connectivity index (χ0n) is 39.7. The standard InChI is InChI=1S/C39H69O35P/c1-9(2)65-37-30(56)31(72-39-33(26(52)17(43)11(4-41)67-39)74-36-29(55)24(50)20(46)15(71-36)8-64-75(58,59)60)21(47)13(69-37)6-61-34-27(53)22(48)18(44)12(68-34)5-62-38-32(25(51)16(42)10(3-40)66-38)73-35-28(54)23(49)19(45)14(70-35)7-63-57/h9-57H,3-8H2,1-2H3,(H2,58,59,60)/t10?,11?,12?,13?,14?,15?,16-,17-,18-,19-,20-,21-,22+,23+,24+,25+,26+,27?,28?,29?,30?,31+,32?,33?,34+,35+,36-,37-,38+,39-/m1/s1. The van der Waals surface area contributed by atoms with Gasteiger partial charge in [0.1, 0.15) is 153 Å². The third kappa shape index (κ3) is 14.7. The van der Waals surface area contributed by atoms with Crippen LogP contribution in [0.5, 0.6) is 0 Å². The van der Waals surface area contributed by atoms with Crippen molar-refractivity contribution >= 4 is 7.82 Å². The minimum atomic E-state index is -5.18. The van der Waals surface area contributed by atoms with E-state index in [1.54, 1.807) is 0 Å². The summed E-state index contributed by atoms with van der Waals surface area (Å²) in [5.41, 5.74) is 0. The van der Waals surface area contributed by atoms with E-state index in [2.05, 4.69) is 9.41 Å². The average molecular weight is 1130 g/mol. The molecule has 0 amide bonds. The Balaban J connectivity index is 1.17. The van der Waals surface area contributed by atoms with Crippen LogP contribution in [0.15, 0.2) is 0 Å². The van der Waals surface area contributed by atoms with Crippen LogP contribution in [-0.2, 0) is 70.8 Å². The fourth-order valence-corrected chi connectivity index (χ4v) is 9.18. The number of aliphatic hydroxyl groups is 17. The first-order valence-electron chi connectivity index (χ1n) is 23.4. The van der Waals surface area contributed by atoms with Crippen LogP contribution < -0.4 is 0 Å². The fraction of sp³-hybridized carbons (Fsp3) is 1.00. The van der Waals surface area contributed by atoms with Crippen LogP contribution in [0.25, 0.3) is 0 Å². The van der Waals surface area contributed by atoms with Crippen LogP contribution in [0.3, 0.4) is 0 Å². The largest absolute Gasteiger partial charge is 0.469 e. The predicted molar refractivity (Wildman–Crippen MR) is 226 cm³/mol. The molecule has 0 aromatic carbocycles. The highest BCUT2D eigenvalue weighted by molar-refractivity contribution is 7.46. The molecule has 0 aromatic heterocycles. The van der Waals surface area contributed by atoms with Crippen LogP contribution in [0.2, 0.25) is 0 Å². The topological polar surface area (TPSA) is 551 Å². The van der Waals surface area contributed by atoms with Crippen molar-refractivity contribution in [1.29, 1.82) is 0 Å². The van der Waals surface area contributed by atoms with Crippen molar-refractivity contribution in [2.45, 2.75) is 204 Å². The molecule has 0 bridgehead atoms. The third-order valence-electron chi connectivity index (χ3n) is 13.1. The van der Waals surface area contributed by atoms with E-state index in [0.29, 0.717) is 0 Å². The Labute approximate surface area is 424 Å². The van der Waals surface area contributed by atoms with E-state index in [1.807, 2.05) is 0 Å². The lowest BCUT2D eigenvalue weighted by molar-refractivity contribution is -0.392. The van der Waals surface area contributed by atoms with Gasteiger partial charge in [0, 0.05) is 0 Å². The van der Waals surface area contributed by atoms with Gasteiger partial charge < -0.3 is 153 Å². The van der Waals surface area contributed by atoms with Gasteiger partial charge in [-0.1, -0.05) is 0 Å². The van der Waals surface area contributed by atoms with E-state index in [1.165, 1.54) is 13.8 Å². The first-order valence-corrected chi connectivity index (χ1v) is 24.9. The molecule has 6 aliphatic rings. The van der Waals surface area contributed by atoms with Gasteiger partial charge in [-0.3, -0.25) is 9.78 Å². The highest BCUT2D eigenvalue weighted by atomic mass is 31.2. The second kappa shape index (κ2) is 27.1. The van der Waals surface area contributed by atoms with E-state index in [-0.39, 0.29) is 0 Å². The van der Waals surface area contributed by atoms with Crippen molar-refractivity contribution in [3.05, 3.63) is 0 Å². The molecule has 0 radical (unpaired) electrons. The molecule has 20 N–H and O–H groups in total. The van der Waals surface area contributed by atoms with Crippen LogP contribution >= 0.6 is 7.82 Å². The van der Waals surface area contributed by atoms with Crippen molar-refractivity contribution < 1.29 is 173 Å². The van der Waals surface area contributed by atoms with E-state index in [4.69, 9.17) is 71.9 Å². The van der Waals surface area contributed by atoms with Crippen LogP contribution in [0.1, 0.15) is 13.8 Å². The molecule has 0 saturated carbocycles. The quantitative estimate of drug-likeness (QED) is 0.0288. The molecule has 0 aliphatic carbocycles. The summed E-state index contributed by atoms with van der Waals surface area (Å²) >= 11 is 0. The molecule has 12 unspecified atom stereocenters. The number of hydrogen-bond donors (Lipinski definition) is 20. The van der Waals surface area contributed by atoms with Crippen molar-refractivity contribution in [3.8, 4) is 0 Å². The maximum Gasteiger partial charge on any atom is 0.469 e.